The van der Waals surface area contributed by atoms with Gasteiger partial charge in [0.15, 0.2) is 17.2 Å². The summed E-state index contributed by atoms with van der Waals surface area (Å²) in [6.07, 6.45) is 5.14. The Balaban J connectivity index is 1.56. The summed E-state index contributed by atoms with van der Waals surface area (Å²) in [6, 6.07) is 28.0. The maximum absolute atomic E-state index is 6.41. The molecule has 7 heteroatoms. The van der Waals surface area contributed by atoms with Crippen LogP contribution in [0.4, 0.5) is 17.2 Å². The molecule has 0 fully saturated rings. The quantitative estimate of drug-likeness (QED) is 0.264. The number of nitrogen functional groups attached to an aromatic ring is 1. The molecular weight excluding hydrogens is 460 g/mol. The van der Waals surface area contributed by atoms with E-state index in [-0.39, 0.29) is 5.82 Å². The molecule has 6 rings (SSSR count). The lowest BCUT2D eigenvalue weighted by Crippen LogP contribution is -2.11. The van der Waals surface area contributed by atoms with Gasteiger partial charge in [-0.2, -0.15) is 5.11 Å². The van der Waals surface area contributed by atoms with Crippen LogP contribution < -0.4 is 10.5 Å². The van der Waals surface area contributed by atoms with Crippen LogP contribution in [0.25, 0.3) is 28.6 Å². The number of hydrogen-bond acceptors (Lipinski definition) is 6. The lowest BCUT2D eigenvalue weighted by Gasteiger charge is -2.22. The minimum absolute atomic E-state index is 0.290. The van der Waals surface area contributed by atoms with Crippen molar-refractivity contribution in [2.45, 2.75) is 19.3 Å². The molecule has 0 saturated carbocycles. The zero-order valence-corrected chi connectivity index (χ0v) is 20.5. The molecular formula is C30H26N6O. The van der Waals surface area contributed by atoms with Crippen LogP contribution in [0.15, 0.2) is 95.2 Å². The lowest BCUT2D eigenvalue weighted by molar-refractivity contribution is 0.415. The van der Waals surface area contributed by atoms with Crippen LogP contribution in [0, 0.1) is 0 Å². The van der Waals surface area contributed by atoms with E-state index < -0.39 is 0 Å². The van der Waals surface area contributed by atoms with Gasteiger partial charge in [-0.1, -0.05) is 60.7 Å². The summed E-state index contributed by atoms with van der Waals surface area (Å²) < 4.78 is 7.07. The summed E-state index contributed by atoms with van der Waals surface area (Å²) in [5, 5.41) is 13.6. The second-order valence-electron chi connectivity index (χ2n) is 8.95. The maximum atomic E-state index is 6.41. The first kappa shape index (κ1) is 22.7. The Morgan fingerprint density at radius 1 is 0.892 bits per heavy atom. The molecule has 0 unspecified atom stereocenters. The Bertz CT molecular complexity index is 1620. The summed E-state index contributed by atoms with van der Waals surface area (Å²) in [5.41, 5.74) is 14.7. The van der Waals surface area contributed by atoms with Gasteiger partial charge in [0.1, 0.15) is 5.75 Å². The fourth-order valence-corrected chi connectivity index (χ4v) is 4.80. The Labute approximate surface area is 215 Å². The fraction of sp³-hybridized carbons (Fsp3) is 0.133. The first-order valence-corrected chi connectivity index (χ1v) is 12.3. The van der Waals surface area contributed by atoms with E-state index in [4.69, 9.17) is 15.5 Å². The molecule has 2 heterocycles. The van der Waals surface area contributed by atoms with Crippen molar-refractivity contribution in [1.82, 2.24) is 14.6 Å². The average Bonchev–Trinajstić information content (AvgIpc) is 3.26. The summed E-state index contributed by atoms with van der Waals surface area (Å²) in [7, 11) is 1.63. The Morgan fingerprint density at radius 3 is 2.35 bits per heavy atom. The van der Waals surface area contributed by atoms with E-state index in [1.54, 1.807) is 7.11 Å². The summed E-state index contributed by atoms with van der Waals surface area (Å²) in [4.78, 5) is 5.12. The van der Waals surface area contributed by atoms with E-state index in [0.717, 1.165) is 47.5 Å². The molecule has 1 aliphatic rings. The summed E-state index contributed by atoms with van der Waals surface area (Å²) in [6.45, 7) is 0. The highest BCUT2D eigenvalue weighted by molar-refractivity contribution is 5.88. The molecule has 0 aliphatic heterocycles. The molecule has 0 atom stereocenters. The van der Waals surface area contributed by atoms with Crippen molar-refractivity contribution in [2.75, 3.05) is 12.8 Å². The number of aromatic nitrogens is 3. The van der Waals surface area contributed by atoms with E-state index in [1.807, 2.05) is 53.0 Å². The second-order valence-corrected chi connectivity index (χ2v) is 8.95. The largest absolute Gasteiger partial charge is 0.497 e. The standard InChI is InChI=1S/C30H26N6O/c1-37-24-17-15-23(16-18-24)33-34-27-29(31)35-36-28(21-11-6-3-7-12-21)25-14-8-13-22(26(25)32-30(27)36)19-20-9-4-2-5-10-20/h2-7,9-12,15-19H,8,13-14H2,1H3,(H2,31,35)/b22-19+,34-33?. The van der Waals surface area contributed by atoms with Crippen molar-refractivity contribution in [3.8, 4) is 17.0 Å². The molecule has 37 heavy (non-hydrogen) atoms. The van der Waals surface area contributed by atoms with Gasteiger partial charge < -0.3 is 10.5 Å². The van der Waals surface area contributed by atoms with E-state index in [2.05, 4.69) is 57.8 Å². The molecule has 1 aliphatic carbocycles. The third kappa shape index (κ3) is 4.36. The topological polar surface area (TPSA) is 90.2 Å². The monoisotopic (exact) mass is 486 g/mol. The molecule has 2 N–H and O–H groups in total. The van der Waals surface area contributed by atoms with Crippen LogP contribution in [-0.4, -0.2) is 21.7 Å². The van der Waals surface area contributed by atoms with Crippen LogP contribution in [-0.2, 0) is 6.42 Å². The zero-order chi connectivity index (χ0) is 25.2. The highest BCUT2D eigenvalue weighted by atomic mass is 16.5. The van der Waals surface area contributed by atoms with E-state index in [0.29, 0.717) is 17.0 Å². The number of fused-ring (bicyclic) bond motifs is 2. The number of nitrogens with two attached hydrogens (primary N) is 1. The average molecular weight is 487 g/mol. The van der Waals surface area contributed by atoms with E-state index in [1.165, 1.54) is 11.1 Å². The molecule has 0 bridgehead atoms. The number of azo groups is 1. The number of hydrogen-bond donors (Lipinski definition) is 1. The number of nitrogens with zero attached hydrogens (tertiary/aromatic N) is 5. The zero-order valence-electron chi connectivity index (χ0n) is 20.5. The number of rotatable bonds is 5. The SMILES string of the molecule is COc1ccc(N=Nc2c(N)nn3c(-c4ccccc4)c4c(nc23)/C(=C/c2ccccc2)CCC4)cc1. The minimum atomic E-state index is 0.290. The van der Waals surface area contributed by atoms with Crippen molar-refractivity contribution in [3.63, 3.8) is 0 Å². The van der Waals surface area contributed by atoms with Crippen molar-refractivity contribution in [1.29, 1.82) is 0 Å². The van der Waals surface area contributed by atoms with Crippen LogP contribution >= 0.6 is 0 Å². The summed E-state index contributed by atoms with van der Waals surface area (Å²) in [5.74, 6) is 1.05. The molecule has 0 spiro atoms. The van der Waals surface area contributed by atoms with Gasteiger partial charge >= 0.3 is 0 Å². The van der Waals surface area contributed by atoms with Gasteiger partial charge in [-0.25, -0.2) is 9.50 Å². The number of anilines is 1. The van der Waals surface area contributed by atoms with E-state index in [9.17, 15) is 0 Å². The summed E-state index contributed by atoms with van der Waals surface area (Å²) >= 11 is 0. The highest BCUT2D eigenvalue weighted by Gasteiger charge is 2.26. The van der Waals surface area contributed by atoms with Gasteiger partial charge in [0.2, 0.25) is 0 Å². The van der Waals surface area contributed by atoms with Gasteiger partial charge in [-0.3, -0.25) is 0 Å². The van der Waals surface area contributed by atoms with Gasteiger partial charge in [-0.05, 0) is 60.7 Å². The van der Waals surface area contributed by atoms with Crippen molar-refractivity contribution in [2.24, 2.45) is 10.2 Å². The van der Waals surface area contributed by atoms with E-state index >= 15 is 0 Å². The molecule has 5 aromatic rings. The van der Waals surface area contributed by atoms with Gasteiger partial charge in [0.25, 0.3) is 0 Å². The molecule has 7 nitrogen and oxygen atoms in total. The lowest BCUT2D eigenvalue weighted by atomic mass is 9.87. The van der Waals surface area contributed by atoms with Gasteiger partial charge in [0.05, 0.1) is 24.2 Å². The first-order valence-electron chi connectivity index (χ1n) is 12.3. The smallest absolute Gasteiger partial charge is 0.186 e. The minimum Gasteiger partial charge on any atom is -0.497 e. The van der Waals surface area contributed by atoms with Gasteiger partial charge in [-0.15, -0.1) is 10.2 Å². The van der Waals surface area contributed by atoms with Crippen molar-refractivity contribution in [3.05, 3.63) is 102 Å². The first-order chi connectivity index (χ1) is 18.2. The Morgan fingerprint density at radius 2 is 1.62 bits per heavy atom. The number of benzene rings is 3. The number of ether oxygens (including phenoxy) is 1. The highest BCUT2D eigenvalue weighted by Crippen LogP contribution is 2.40. The van der Waals surface area contributed by atoms with Crippen LogP contribution in [0.5, 0.6) is 5.75 Å². The molecule has 0 radical (unpaired) electrons. The van der Waals surface area contributed by atoms with Crippen LogP contribution in [0.1, 0.15) is 29.7 Å². The number of allylic oxidation sites excluding steroid dienone is 1. The van der Waals surface area contributed by atoms with Gasteiger partial charge in [0, 0.05) is 11.1 Å². The van der Waals surface area contributed by atoms with Crippen LogP contribution in [0.2, 0.25) is 0 Å². The van der Waals surface area contributed by atoms with Crippen molar-refractivity contribution >= 4 is 34.5 Å². The van der Waals surface area contributed by atoms with Crippen LogP contribution in [0.3, 0.4) is 0 Å². The fourth-order valence-electron chi connectivity index (χ4n) is 4.80. The second kappa shape index (κ2) is 9.70. The molecule has 0 saturated heterocycles. The molecule has 182 valence electrons. The normalized spacial score (nSPS) is 14.4. The van der Waals surface area contributed by atoms with Crippen molar-refractivity contribution < 1.29 is 4.74 Å². The predicted octanol–water partition coefficient (Wildman–Crippen LogP) is 7.28. The Hall–Kier alpha value is -4.78. The maximum Gasteiger partial charge on any atom is 0.186 e. The Kier molecular flexibility index (Phi) is 5.94. The predicted molar refractivity (Wildman–Crippen MR) is 147 cm³/mol. The third-order valence-electron chi connectivity index (χ3n) is 6.57. The number of methoxy groups -OCH3 is 1. The molecule has 0 amide bonds. The molecule has 2 aromatic heterocycles. The third-order valence-corrected chi connectivity index (χ3v) is 6.57. The molecule has 3 aromatic carbocycles.